The first-order chi connectivity index (χ1) is 18.8. The number of rotatable bonds is 8. The fraction of sp³-hybridized carbons (Fsp3) is 0.970. The van der Waals surface area contributed by atoms with Gasteiger partial charge in [0.2, 0.25) is 5.91 Å². The summed E-state index contributed by atoms with van der Waals surface area (Å²) in [6.07, 6.45) is 35.7. The van der Waals surface area contributed by atoms with Crippen LogP contribution in [0.3, 0.4) is 0 Å². The van der Waals surface area contributed by atoms with Gasteiger partial charge in [-0.3, -0.25) is 4.79 Å². The third-order valence-electron chi connectivity index (χ3n) is 10.7. The third-order valence-corrected chi connectivity index (χ3v) is 17.2. The molecular weight excluding hydrogens is 504 g/mol. The second-order valence-corrected chi connectivity index (χ2v) is 18.6. The zero-order valence-electron chi connectivity index (χ0n) is 24.6. The van der Waals surface area contributed by atoms with Crippen molar-refractivity contribution in [3.63, 3.8) is 0 Å². The molecule has 0 aromatic carbocycles. The highest BCUT2D eigenvalue weighted by Crippen LogP contribution is 2.61. The topological polar surface area (TPSA) is 29.5 Å². The maximum atomic E-state index is 13.7. The van der Waals surface area contributed by atoms with Crippen molar-refractivity contribution >= 4 is 22.1 Å². The average Bonchev–Trinajstić information content (AvgIpc) is 3.41. The van der Waals surface area contributed by atoms with Crippen molar-refractivity contribution in [1.29, 1.82) is 0 Å². The molecule has 0 radical (unpaired) electrons. The molecule has 0 bridgehead atoms. The molecule has 1 aliphatic heterocycles. The Kier molecular flexibility index (Phi) is 12.6. The Bertz CT molecular complexity index is 632. The molecule has 0 aromatic heterocycles. The monoisotopic (exact) mass is 563 g/mol. The molecule has 3 nitrogen and oxygen atoms in total. The fourth-order valence-electron chi connectivity index (χ4n) is 8.60. The molecule has 5 heteroatoms. The standard InChI is InChI=1S/C33H59NO2P2/c35-33-26-25-28(27-36-38(31-21-13-5-6-14-22-31)32-23-15-7-8-16-24-32)34(33)37(29-17-9-1-2-10-18-29)30-19-11-3-4-12-20-30/h28-32H,1-27H2/t28-/m0/s1. The molecule has 0 spiro atoms. The summed E-state index contributed by atoms with van der Waals surface area (Å²) in [6.45, 7) is 0.864. The van der Waals surface area contributed by atoms with Gasteiger partial charge in [0, 0.05) is 34.0 Å². The summed E-state index contributed by atoms with van der Waals surface area (Å²) in [5.74, 6) is 0.506. The van der Waals surface area contributed by atoms with Crippen molar-refractivity contribution in [2.75, 3.05) is 6.61 Å². The van der Waals surface area contributed by atoms with Gasteiger partial charge in [0.05, 0.1) is 12.6 Å². The lowest BCUT2D eigenvalue weighted by molar-refractivity contribution is -0.124. The predicted molar refractivity (Wildman–Crippen MR) is 166 cm³/mol. The van der Waals surface area contributed by atoms with E-state index in [1.54, 1.807) is 0 Å². The molecule has 0 N–H and O–H groups in total. The summed E-state index contributed by atoms with van der Waals surface area (Å²) < 4.78 is 9.83. The van der Waals surface area contributed by atoms with Crippen LogP contribution in [0.4, 0.5) is 0 Å². The molecule has 0 aromatic rings. The molecular formula is C33H59NO2P2. The first-order valence-corrected chi connectivity index (χ1v) is 20.2. The number of hydrogen-bond acceptors (Lipinski definition) is 2. The Morgan fingerprint density at radius 1 is 0.526 bits per heavy atom. The fourth-order valence-corrected chi connectivity index (χ4v) is 15.7. The normalized spacial score (nSPS) is 28.9. The molecule has 1 heterocycles. The molecule has 1 amide bonds. The van der Waals surface area contributed by atoms with Gasteiger partial charge in [0.1, 0.15) is 0 Å². The third kappa shape index (κ3) is 8.19. The van der Waals surface area contributed by atoms with Crippen LogP contribution in [0.25, 0.3) is 0 Å². The van der Waals surface area contributed by atoms with Gasteiger partial charge in [-0.05, 0) is 69.1 Å². The minimum Gasteiger partial charge on any atom is -0.357 e. The lowest BCUT2D eigenvalue weighted by atomic mass is 10.2. The Morgan fingerprint density at radius 2 is 0.895 bits per heavy atom. The second kappa shape index (κ2) is 16.1. The smallest absolute Gasteiger partial charge is 0.226 e. The largest absolute Gasteiger partial charge is 0.357 e. The van der Waals surface area contributed by atoms with Gasteiger partial charge >= 0.3 is 0 Å². The summed E-state index contributed by atoms with van der Waals surface area (Å²) in [6, 6.07) is 0.377. The van der Waals surface area contributed by atoms with Gasteiger partial charge in [-0.25, -0.2) is 0 Å². The van der Waals surface area contributed by atoms with Gasteiger partial charge in [0.15, 0.2) is 0 Å². The van der Waals surface area contributed by atoms with Gasteiger partial charge < -0.3 is 9.19 Å². The Labute approximate surface area is 238 Å². The maximum Gasteiger partial charge on any atom is 0.226 e. The summed E-state index contributed by atoms with van der Waals surface area (Å²) in [5.41, 5.74) is 3.24. The van der Waals surface area contributed by atoms with Crippen LogP contribution in [0.5, 0.6) is 0 Å². The van der Waals surface area contributed by atoms with Crippen LogP contribution in [-0.2, 0) is 9.32 Å². The highest BCUT2D eigenvalue weighted by molar-refractivity contribution is 7.57. The van der Waals surface area contributed by atoms with E-state index in [2.05, 4.69) is 4.67 Å². The predicted octanol–water partition coefficient (Wildman–Crippen LogP) is 10.7. The van der Waals surface area contributed by atoms with Gasteiger partial charge in [-0.2, -0.15) is 0 Å². The Balaban J connectivity index is 1.33. The van der Waals surface area contributed by atoms with Crippen molar-refractivity contribution in [2.45, 2.75) is 196 Å². The minimum atomic E-state index is -0.368. The van der Waals surface area contributed by atoms with Crippen LogP contribution in [-0.4, -0.2) is 45.9 Å². The summed E-state index contributed by atoms with van der Waals surface area (Å²) >= 11 is 0. The molecule has 218 valence electrons. The molecule has 4 saturated carbocycles. The van der Waals surface area contributed by atoms with E-state index in [4.69, 9.17) is 4.52 Å². The van der Waals surface area contributed by atoms with Gasteiger partial charge in [-0.15, -0.1) is 0 Å². The number of carbonyl (C=O) groups is 1. The Hall–Kier alpha value is 0.290. The van der Waals surface area contributed by atoms with Crippen molar-refractivity contribution in [3.05, 3.63) is 0 Å². The van der Waals surface area contributed by atoms with Crippen LogP contribution < -0.4 is 0 Å². The van der Waals surface area contributed by atoms with E-state index in [1.165, 1.54) is 154 Å². The number of hydrogen-bond donors (Lipinski definition) is 0. The molecule has 4 aliphatic carbocycles. The molecule has 1 atom stereocenters. The first-order valence-electron chi connectivity index (χ1n) is 17.3. The Morgan fingerprint density at radius 3 is 1.29 bits per heavy atom. The molecule has 1 saturated heterocycles. The zero-order valence-corrected chi connectivity index (χ0v) is 26.4. The van der Waals surface area contributed by atoms with E-state index in [1.807, 2.05) is 0 Å². The summed E-state index contributed by atoms with van der Waals surface area (Å²) in [5, 5.41) is 0. The van der Waals surface area contributed by atoms with Crippen molar-refractivity contribution < 1.29 is 9.32 Å². The molecule has 38 heavy (non-hydrogen) atoms. The van der Waals surface area contributed by atoms with E-state index >= 15 is 0 Å². The molecule has 5 fully saturated rings. The molecule has 5 aliphatic rings. The highest BCUT2D eigenvalue weighted by atomic mass is 31.1. The van der Waals surface area contributed by atoms with Crippen molar-refractivity contribution in [2.24, 2.45) is 0 Å². The quantitative estimate of drug-likeness (QED) is 0.217. The minimum absolute atomic E-state index is 0.368. The average molecular weight is 564 g/mol. The molecule has 5 rings (SSSR count). The van der Waals surface area contributed by atoms with Crippen LogP contribution in [0.1, 0.15) is 167 Å². The lowest BCUT2D eigenvalue weighted by Gasteiger charge is -2.43. The first kappa shape index (κ1) is 29.8. The van der Waals surface area contributed by atoms with E-state index in [0.717, 1.165) is 42.1 Å². The van der Waals surface area contributed by atoms with Gasteiger partial charge in [-0.1, -0.05) is 103 Å². The van der Waals surface area contributed by atoms with E-state index in [-0.39, 0.29) is 16.2 Å². The SMILES string of the molecule is O=C1CC[C@@H](COP(C2CCCCCC2)C2CCCCCC2)N1P(C1CCCCCC1)C1CCCCCC1. The maximum absolute atomic E-state index is 13.7. The van der Waals surface area contributed by atoms with Crippen LogP contribution in [0.2, 0.25) is 0 Å². The number of amides is 1. The van der Waals surface area contributed by atoms with Gasteiger partial charge in [0.25, 0.3) is 0 Å². The highest BCUT2D eigenvalue weighted by Gasteiger charge is 2.44. The summed E-state index contributed by atoms with van der Waals surface area (Å²) in [7, 11) is -0.736. The van der Waals surface area contributed by atoms with Crippen molar-refractivity contribution in [1.82, 2.24) is 4.67 Å². The van der Waals surface area contributed by atoms with Crippen molar-refractivity contribution in [3.8, 4) is 0 Å². The second-order valence-electron chi connectivity index (χ2n) is 13.5. The van der Waals surface area contributed by atoms with E-state index < -0.39 is 0 Å². The summed E-state index contributed by atoms with van der Waals surface area (Å²) in [4.78, 5) is 13.7. The van der Waals surface area contributed by atoms with E-state index in [0.29, 0.717) is 11.9 Å². The lowest BCUT2D eigenvalue weighted by Crippen LogP contribution is -2.38. The molecule has 0 unspecified atom stereocenters. The number of carbonyl (C=O) groups excluding carboxylic acids is 1. The zero-order chi connectivity index (χ0) is 26.0. The van der Waals surface area contributed by atoms with Crippen LogP contribution >= 0.6 is 16.2 Å². The van der Waals surface area contributed by atoms with E-state index in [9.17, 15) is 4.79 Å². The number of nitrogens with zero attached hydrogens (tertiary/aromatic N) is 1. The van der Waals surface area contributed by atoms with Crippen LogP contribution in [0, 0.1) is 0 Å². The van der Waals surface area contributed by atoms with Crippen LogP contribution in [0.15, 0.2) is 0 Å².